The topological polar surface area (TPSA) is 0 Å². The van der Waals surface area contributed by atoms with Crippen LogP contribution in [0.2, 0.25) is 0 Å². The molecule has 0 aromatic carbocycles. The molecule has 0 nitrogen and oxygen atoms in total. The van der Waals surface area contributed by atoms with E-state index in [0.717, 1.165) is 0 Å². The van der Waals surface area contributed by atoms with Crippen molar-refractivity contribution in [1.29, 1.82) is 0 Å². The molecule has 0 heterocycles. The first-order valence-electron chi connectivity index (χ1n) is 1.21. The van der Waals surface area contributed by atoms with Crippen molar-refractivity contribution >= 4 is 39.1 Å². The number of hydrogen-bond acceptors (Lipinski definition) is 0. The van der Waals surface area contributed by atoms with Crippen LogP contribution in [0.1, 0.15) is 0 Å². The largest absolute Gasteiger partial charge is 0.232 e. The maximum Gasteiger partial charge on any atom is 0.184 e. The zero-order valence-electron chi connectivity index (χ0n) is 2.67. The molecule has 0 bridgehead atoms. The average Bonchev–Trinajstić information content (AvgIpc) is 1.36. The summed E-state index contributed by atoms with van der Waals surface area (Å²) in [5.41, 5.74) is 0. The smallest absolute Gasteiger partial charge is 0.184 e. The SMILES string of the molecule is FC(Br)C(Cl)Cl. The minimum atomic E-state index is -1.30. The second kappa shape index (κ2) is 3.05. The third-order valence-corrected chi connectivity index (χ3v) is 1.77. The molecule has 0 rings (SSSR count). The van der Waals surface area contributed by atoms with E-state index < -0.39 is 9.92 Å². The van der Waals surface area contributed by atoms with E-state index in [9.17, 15) is 4.39 Å². The first-order chi connectivity index (χ1) is 2.64. The third-order valence-electron chi connectivity index (χ3n) is 0.190. The first-order valence-corrected chi connectivity index (χ1v) is 2.99. The monoisotopic (exact) mass is 194 g/mol. The second-order valence-electron chi connectivity index (χ2n) is 0.669. The summed E-state index contributed by atoms with van der Waals surface area (Å²) in [6.45, 7) is 0. The van der Waals surface area contributed by atoms with Gasteiger partial charge in [-0.15, -0.1) is 23.2 Å². The van der Waals surface area contributed by atoms with Gasteiger partial charge in [-0.3, -0.25) is 0 Å². The van der Waals surface area contributed by atoms with Gasteiger partial charge in [-0.25, -0.2) is 4.39 Å². The lowest BCUT2D eigenvalue weighted by Gasteiger charge is -1.94. The van der Waals surface area contributed by atoms with Crippen LogP contribution in [0.25, 0.3) is 0 Å². The van der Waals surface area contributed by atoms with Crippen molar-refractivity contribution in [3.63, 3.8) is 0 Å². The highest BCUT2D eigenvalue weighted by atomic mass is 79.9. The Labute approximate surface area is 53.7 Å². The Morgan fingerprint density at radius 2 is 1.67 bits per heavy atom. The quantitative estimate of drug-likeness (QED) is 0.565. The van der Waals surface area contributed by atoms with Crippen molar-refractivity contribution in [2.75, 3.05) is 0 Å². The van der Waals surface area contributed by atoms with Gasteiger partial charge in [-0.2, -0.15) is 0 Å². The molecule has 0 aromatic rings. The lowest BCUT2D eigenvalue weighted by Crippen LogP contribution is -1.97. The van der Waals surface area contributed by atoms with Gasteiger partial charge in [0.1, 0.15) is 4.84 Å². The summed E-state index contributed by atoms with van der Waals surface area (Å²) in [6, 6.07) is 0. The van der Waals surface area contributed by atoms with Crippen LogP contribution in [-0.2, 0) is 0 Å². The highest BCUT2D eigenvalue weighted by molar-refractivity contribution is 9.09. The van der Waals surface area contributed by atoms with Gasteiger partial charge in [0.2, 0.25) is 0 Å². The molecule has 0 amide bonds. The Bertz CT molecular complexity index is 32.5. The lowest BCUT2D eigenvalue weighted by molar-refractivity contribution is 0.483. The van der Waals surface area contributed by atoms with Crippen LogP contribution >= 0.6 is 39.1 Å². The number of alkyl halides is 4. The maximum atomic E-state index is 11.5. The Kier molecular flexibility index (Phi) is 3.56. The fraction of sp³-hybridized carbons (Fsp3) is 1.00. The summed E-state index contributed by atoms with van der Waals surface area (Å²) in [4.78, 5) is -0.954. The predicted octanol–water partition coefficient (Wildman–Crippen LogP) is 2.48. The van der Waals surface area contributed by atoms with Crippen molar-refractivity contribution in [1.82, 2.24) is 0 Å². The molecule has 0 aliphatic carbocycles. The number of hydrogen-bond donors (Lipinski definition) is 0. The summed E-state index contributed by atoms with van der Waals surface area (Å²) >= 11 is 12.4. The van der Waals surface area contributed by atoms with Crippen molar-refractivity contribution < 1.29 is 4.39 Å². The number of halogens is 4. The van der Waals surface area contributed by atoms with Gasteiger partial charge < -0.3 is 0 Å². The molecule has 0 N–H and O–H groups in total. The van der Waals surface area contributed by atoms with Gasteiger partial charge in [0.15, 0.2) is 5.08 Å². The summed E-state index contributed by atoms with van der Waals surface area (Å²) in [5, 5.41) is -1.30. The number of rotatable bonds is 1. The van der Waals surface area contributed by atoms with Crippen molar-refractivity contribution in [2.45, 2.75) is 9.92 Å². The van der Waals surface area contributed by atoms with Gasteiger partial charge >= 0.3 is 0 Å². The van der Waals surface area contributed by atoms with Crippen LogP contribution in [0.15, 0.2) is 0 Å². The van der Waals surface area contributed by atoms with E-state index in [-0.39, 0.29) is 0 Å². The molecule has 0 saturated heterocycles. The Morgan fingerprint density at radius 1 is 1.50 bits per heavy atom. The van der Waals surface area contributed by atoms with Gasteiger partial charge in [0.05, 0.1) is 0 Å². The maximum absolute atomic E-state index is 11.5. The highest BCUT2D eigenvalue weighted by Crippen LogP contribution is 2.15. The lowest BCUT2D eigenvalue weighted by atomic mass is 10.9. The summed E-state index contributed by atoms with van der Waals surface area (Å²) in [7, 11) is 0. The fourth-order valence-electron chi connectivity index (χ4n) is 0. The average molecular weight is 196 g/mol. The molecule has 4 heteroatoms. The zero-order chi connectivity index (χ0) is 5.15. The van der Waals surface area contributed by atoms with E-state index >= 15 is 0 Å². The highest BCUT2D eigenvalue weighted by Gasteiger charge is 2.08. The van der Waals surface area contributed by atoms with Crippen molar-refractivity contribution in [3.05, 3.63) is 0 Å². The molecule has 0 radical (unpaired) electrons. The van der Waals surface area contributed by atoms with Crippen LogP contribution in [-0.4, -0.2) is 9.92 Å². The van der Waals surface area contributed by atoms with Gasteiger partial charge in [0.25, 0.3) is 0 Å². The Morgan fingerprint density at radius 3 is 1.67 bits per heavy atom. The predicted molar refractivity (Wildman–Crippen MR) is 29.3 cm³/mol. The van der Waals surface area contributed by atoms with Crippen LogP contribution in [0.5, 0.6) is 0 Å². The van der Waals surface area contributed by atoms with E-state index in [1.807, 2.05) is 0 Å². The fourth-order valence-corrected chi connectivity index (χ4v) is 0. The molecule has 38 valence electrons. The molecule has 0 spiro atoms. The molecular weight excluding hydrogens is 194 g/mol. The van der Waals surface area contributed by atoms with Crippen LogP contribution in [0, 0.1) is 0 Å². The molecule has 6 heavy (non-hydrogen) atoms. The standard InChI is InChI=1S/C2H2BrCl2F/c3-1(6)2(4)5/h1-2H. The summed E-state index contributed by atoms with van der Waals surface area (Å²) in [6.07, 6.45) is 0. The van der Waals surface area contributed by atoms with Gasteiger partial charge in [-0.1, -0.05) is 0 Å². The molecule has 1 atom stereocenters. The first kappa shape index (κ1) is 6.99. The Balaban J connectivity index is 2.99. The summed E-state index contributed by atoms with van der Waals surface area (Å²) in [5.74, 6) is 0. The second-order valence-corrected chi connectivity index (χ2v) is 2.71. The van der Waals surface area contributed by atoms with E-state index in [0.29, 0.717) is 0 Å². The molecule has 0 aliphatic rings. The van der Waals surface area contributed by atoms with E-state index in [1.54, 1.807) is 0 Å². The normalized spacial score (nSPS) is 15.5. The van der Waals surface area contributed by atoms with Crippen LogP contribution < -0.4 is 0 Å². The van der Waals surface area contributed by atoms with Gasteiger partial charge in [-0.05, 0) is 15.9 Å². The third kappa shape index (κ3) is 3.19. The zero-order valence-corrected chi connectivity index (χ0v) is 5.76. The van der Waals surface area contributed by atoms with Crippen molar-refractivity contribution in [3.8, 4) is 0 Å². The van der Waals surface area contributed by atoms with Crippen LogP contribution in [0.4, 0.5) is 4.39 Å². The van der Waals surface area contributed by atoms with Gasteiger partial charge in [0, 0.05) is 0 Å². The molecule has 1 unspecified atom stereocenters. The molecular formula is C2H2BrCl2F. The van der Waals surface area contributed by atoms with E-state index in [1.165, 1.54) is 0 Å². The minimum absolute atomic E-state index is 0.954. The molecule has 0 aliphatic heterocycles. The summed E-state index contributed by atoms with van der Waals surface area (Å²) < 4.78 is 11.5. The van der Waals surface area contributed by atoms with E-state index in [2.05, 4.69) is 15.9 Å². The van der Waals surface area contributed by atoms with Crippen molar-refractivity contribution in [2.24, 2.45) is 0 Å². The molecule has 0 saturated carbocycles. The minimum Gasteiger partial charge on any atom is -0.232 e. The molecule has 0 fully saturated rings. The molecule has 0 aromatic heterocycles. The van der Waals surface area contributed by atoms with Crippen LogP contribution in [0.3, 0.4) is 0 Å². The van der Waals surface area contributed by atoms with E-state index in [4.69, 9.17) is 23.2 Å². The Hall–Kier alpha value is 0.990.